The van der Waals surface area contributed by atoms with Gasteiger partial charge in [0.05, 0.1) is 16.1 Å². The van der Waals surface area contributed by atoms with Crippen LogP contribution in [0.2, 0.25) is 0 Å². The van der Waals surface area contributed by atoms with Gasteiger partial charge in [-0.3, -0.25) is 5.10 Å². The number of aryl methyl sites for hydroxylation is 1. The Labute approximate surface area is 116 Å². The Balaban J connectivity index is 2.11. The highest BCUT2D eigenvalue weighted by atomic mass is 32.1. The smallest absolute Gasteiger partial charge is 0.153 e. The fraction of sp³-hybridized carbons (Fsp3) is 0.133. The summed E-state index contributed by atoms with van der Waals surface area (Å²) in [5.74, 6) is 0.549. The van der Waals surface area contributed by atoms with E-state index in [0.29, 0.717) is 5.82 Å². The van der Waals surface area contributed by atoms with Gasteiger partial charge in [0, 0.05) is 0 Å². The lowest BCUT2D eigenvalue weighted by atomic mass is 10.0. The number of aromatic amines is 1. The minimum absolute atomic E-state index is 0.549. The Morgan fingerprint density at radius 2 is 2.00 bits per heavy atom. The molecule has 2 heterocycles. The predicted octanol–water partition coefficient (Wildman–Crippen LogP) is 3.95. The van der Waals surface area contributed by atoms with Crippen LogP contribution in [-0.2, 0) is 6.42 Å². The number of rotatable bonds is 3. The average molecular weight is 269 g/mol. The fourth-order valence-electron chi connectivity index (χ4n) is 2.15. The number of nitrogens with one attached hydrogen (secondary N) is 1. The van der Waals surface area contributed by atoms with E-state index in [4.69, 9.17) is 5.73 Å². The van der Waals surface area contributed by atoms with Gasteiger partial charge < -0.3 is 5.73 Å². The number of nitrogen functional groups attached to an aromatic ring is 1. The van der Waals surface area contributed by atoms with E-state index in [9.17, 15) is 0 Å². The van der Waals surface area contributed by atoms with Crippen LogP contribution in [0.15, 0.2) is 41.8 Å². The molecule has 0 atom stereocenters. The first-order chi connectivity index (χ1) is 9.29. The zero-order valence-corrected chi connectivity index (χ0v) is 11.5. The van der Waals surface area contributed by atoms with Crippen molar-refractivity contribution in [3.63, 3.8) is 0 Å². The summed E-state index contributed by atoms with van der Waals surface area (Å²) >= 11 is 1.68. The summed E-state index contributed by atoms with van der Waals surface area (Å²) in [5, 5.41) is 9.24. The second kappa shape index (κ2) is 4.90. The van der Waals surface area contributed by atoms with Gasteiger partial charge in [-0.05, 0) is 29.0 Å². The number of thiophene rings is 1. The van der Waals surface area contributed by atoms with Crippen LogP contribution >= 0.6 is 11.3 Å². The maximum atomic E-state index is 6.01. The molecule has 1 aromatic carbocycles. The van der Waals surface area contributed by atoms with Crippen molar-refractivity contribution < 1.29 is 0 Å². The van der Waals surface area contributed by atoms with Crippen molar-refractivity contribution in [2.75, 3.05) is 5.73 Å². The second-order valence-corrected chi connectivity index (χ2v) is 5.33. The summed E-state index contributed by atoms with van der Waals surface area (Å²) in [6.45, 7) is 2.15. The molecule has 0 aliphatic carbocycles. The maximum absolute atomic E-state index is 6.01. The van der Waals surface area contributed by atoms with E-state index >= 15 is 0 Å². The van der Waals surface area contributed by atoms with Crippen LogP contribution in [0.1, 0.15) is 12.5 Å². The normalized spacial score (nSPS) is 10.8. The van der Waals surface area contributed by atoms with Crippen molar-refractivity contribution in [1.29, 1.82) is 0 Å². The van der Waals surface area contributed by atoms with E-state index < -0.39 is 0 Å². The Hall–Kier alpha value is -2.07. The summed E-state index contributed by atoms with van der Waals surface area (Å²) in [5.41, 5.74) is 10.4. The number of H-pyrrole nitrogens is 1. The number of hydrogen-bond donors (Lipinski definition) is 2. The Bertz CT molecular complexity index is 666. The number of aromatic nitrogens is 2. The van der Waals surface area contributed by atoms with Crippen molar-refractivity contribution in [1.82, 2.24) is 10.2 Å². The topological polar surface area (TPSA) is 54.7 Å². The molecule has 0 radical (unpaired) electrons. The maximum Gasteiger partial charge on any atom is 0.153 e. The molecule has 3 rings (SSSR count). The van der Waals surface area contributed by atoms with Gasteiger partial charge in [0.2, 0.25) is 0 Å². The van der Waals surface area contributed by atoms with Crippen molar-refractivity contribution in [2.45, 2.75) is 13.3 Å². The third-order valence-electron chi connectivity index (χ3n) is 3.21. The third kappa shape index (κ3) is 2.15. The minimum atomic E-state index is 0.549. The predicted molar refractivity (Wildman–Crippen MR) is 81.1 cm³/mol. The largest absolute Gasteiger partial charge is 0.382 e. The summed E-state index contributed by atoms with van der Waals surface area (Å²) in [6, 6.07) is 12.6. The number of benzene rings is 1. The number of hydrogen-bond acceptors (Lipinski definition) is 3. The molecule has 0 spiro atoms. The van der Waals surface area contributed by atoms with Gasteiger partial charge in [0.1, 0.15) is 0 Å². The van der Waals surface area contributed by atoms with Gasteiger partial charge in [0.25, 0.3) is 0 Å². The van der Waals surface area contributed by atoms with Crippen LogP contribution in [0.5, 0.6) is 0 Å². The SMILES string of the molecule is CCc1ccc(-c2c(N)n[nH]c2-c2cccs2)cc1. The van der Waals surface area contributed by atoms with Gasteiger partial charge in [0.15, 0.2) is 5.82 Å². The average Bonchev–Trinajstić information content (AvgIpc) is 3.08. The first kappa shape index (κ1) is 12.0. The monoisotopic (exact) mass is 269 g/mol. The van der Waals surface area contributed by atoms with Crippen LogP contribution in [0, 0.1) is 0 Å². The van der Waals surface area contributed by atoms with Crippen LogP contribution in [-0.4, -0.2) is 10.2 Å². The molecule has 3 N–H and O–H groups in total. The molecule has 3 aromatic rings. The Morgan fingerprint density at radius 1 is 1.21 bits per heavy atom. The van der Waals surface area contributed by atoms with Crippen molar-refractivity contribution in [3.8, 4) is 21.7 Å². The molecule has 0 saturated carbocycles. The van der Waals surface area contributed by atoms with E-state index in [-0.39, 0.29) is 0 Å². The van der Waals surface area contributed by atoms with E-state index in [1.165, 1.54) is 5.56 Å². The molecule has 19 heavy (non-hydrogen) atoms. The molecule has 96 valence electrons. The highest BCUT2D eigenvalue weighted by molar-refractivity contribution is 7.13. The van der Waals surface area contributed by atoms with Crippen molar-refractivity contribution >= 4 is 17.2 Å². The van der Waals surface area contributed by atoms with Crippen molar-refractivity contribution in [3.05, 3.63) is 47.3 Å². The summed E-state index contributed by atoms with van der Waals surface area (Å²) in [7, 11) is 0. The number of nitrogens with two attached hydrogens (primary N) is 1. The standard InChI is InChI=1S/C15H15N3S/c1-2-10-5-7-11(8-6-10)13-14(17-18-15(13)16)12-4-3-9-19-12/h3-9H,2H2,1H3,(H3,16,17,18). The zero-order valence-electron chi connectivity index (χ0n) is 10.7. The molecule has 0 saturated heterocycles. The molecule has 0 aliphatic heterocycles. The lowest BCUT2D eigenvalue weighted by molar-refractivity contribution is 1.11. The molecule has 3 nitrogen and oxygen atoms in total. The van der Waals surface area contributed by atoms with Crippen LogP contribution in [0.4, 0.5) is 5.82 Å². The Morgan fingerprint density at radius 3 is 2.63 bits per heavy atom. The minimum Gasteiger partial charge on any atom is -0.382 e. The van der Waals surface area contributed by atoms with Crippen molar-refractivity contribution in [2.24, 2.45) is 0 Å². The van der Waals surface area contributed by atoms with Crippen LogP contribution in [0.3, 0.4) is 0 Å². The molecule has 0 fully saturated rings. The lowest BCUT2D eigenvalue weighted by Crippen LogP contribution is -1.89. The molecule has 0 aliphatic rings. The molecule has 0 amide bonds. The summed E-state index contributed by atoms with van der Waals surface area (Å²) in [6.07, 6.45) is 1.04. The molecule has 0 unspecified atom stereocenters. The first-order valence-corrected chi connectivity index (χ1v) is 7.14. The zero-order chi connectivity index (χ0) is 13.2. The number of nitrogens with zero attached hydrogens (tertiary/aromatic N) is 1. The van der Waals surface area contributed by atoms with E-state index in [1.807, 2.05) is 6.07 Å². The third-order valence-corrected chi connectivity index (χ3v) is 4.10. The van der Waals surface area contributed by atoms with Gasteiger partial charge in [-0.15, -0.1) is 11.3 Å². The molecular weight excluding hydrogens is 254 g/mol. The molecule has 0 bridgehead atoms. The van der Waals surface area contributed by atoms with Gasteiger partial charge in [-0.2, -0.15) is 5.10 Å². The van der Waals surface area contributed by atoms with Crippen LogP contribution in [0.25, 0.3) is 21.7 Å². The van der Waals surface area contributed by atoms with Crippen LogP contribution < -0.4 is 5.73 Å². The quantitative estimate of drug-likeness (QED) is 0.756. The summed E-state index contributed by atoms with van der Waals surface area (Å²) in [4.78, 5) is 1.15. The fourth-order valence-corrected chi connectivity index (χ4v) is 2.88. The first-order valence-electron chi connectivity index (χ1n) is 6.26. The highest BCUT2D eigenvalue weighted by Gasteiger charge is 2.15. The molecule has 2 aromatic heterocycles. The van der Waals surface area contributed by atoms with Gasteiger partial charge >= 0.3 is 0 Å². The van der Waals surface area contributed by atoms with E-state index in [2.05, 4.69) is 52.8 Å². The summed E-state index contributed by atoms with van der Waals surface area (Å²) < 4.78 is 0. The molecular formula is C15H15N3S. The lowest BCUT2D eigenvalue weighted by Gasteiger charge is -2.04. The van der Waals surface area contributed by atoms with Gasteiger partial charge in [-0.1, -0.05) is 37.3 Å². The van der Waals surface area contributed by atoms with E-state index in [0.717, 1.165) is 28.1 Å². The van der Waals surface area contributed by atoms with Gasteiger partial charge in [-0.25, -0.2) is 0 Å². The second-order valence-electron chi connectivity index (χ2n) is 4.39. The highest BCUT2D eigenvalue weighted by Crippen LogP contribution is 2.36. The molecule has 4 heteroatoms. The Kier molecular flexibility index (Phi) is 3.09. The number of anilines is 1. The van der Waals surface area contributed by atoms with E-state index in [1.54, 1.807) is 11.3 Å².